The molecule has 0 aromatic carbocycles. The van der Waals surface area contributed by atoms with Crippen LogP contribution in [0.4, 0.5) is 0 Å². The fourth-order valence-electron chi connectivity index (χ4n) is 1.28. The second-order valence-corrected chi connectivity index (χ2v) is 6.81. The molecule has 1 amide bonds. The van der Waals surface area contributed by atoms with E-state index in [0.717, 1.165) is 13.1 Å². The third-order valence-electron chi connectivity index (χ3n) is 1.94. The molecule has 1 saturated heterocycles. The molecule has 13 heavy (non-hydrogen) atoms. The van der Waals surface area contributed by atoms with E-state index in [1.807, 2.05) is 4.90 Å². The molecule has 0 aromatic heterocycles. The number of hydrogen-bond donors (Lipinski definition) is 0. The van der Waals surface area contributed by atoms with E-state index < -0.39 is 0 Å². The van der Waals surface area contributed by atoms with Crippen LogP contribution in [0, 0.1) is 0 Å². The van der Waals surface area contributed by atoms with Gasteiger partial charge >= 0.3 is 0 Å². The van der Waals surface area contributed by atoms with Gasteiger partial charge in [0.2, 0.25) is 5.91 Å². The molecule has 0 atom stereocenters. The van der Waals surface area contributed by atoms with Crippen molar-refractivity contribution in [1.82, 2.24) is 4.90 Å². The predicted octanol–water partition coefficient (Wildman–Crippen LogP) is 1.45. The summed E-state index contributed by atoms with van der Waals surface area (Å²) in [6.45, 7) is 7.04. The van der Waals surface area contributed by atoms with Crippen molar-refractivity contribution in [2.24, 2.45) is 0 Å². The zero-order chi connectivity index (χ0) is 9.90. The second kappa shape index (κ2) is 4.59. The first-order valence-corrected chi connectivity index (χ1v) is 5.61. The van der Waals surface area contributed by atoms with Crippen molar-refractivity contribution in [2.45, 2.75) is 23.7 Å². The quantitative estimate of drug-likeness (QED) is 0.570. The molecule has 0 aliphatic carbocycles. The lowest BCUT2D eigenvalue weighted by atomic mass is 10.1. The molecule has 0 N–H and O–H groups in total. The van der Waals surface area contributed by atoms with E-state index in [1.54, 1.807) is 0 Å². The van der Waals surface area contributed by atoms with Crippen LogP contribution in [0.15, 0.2) is 0 Å². The lowest BCUT2D eigenvalue weighted by molar-refractivity contribution is -0.135. The van der Waals surface area contributed by atoms with Gasteiger partial charge in [0.15, 0.2) is 0 Å². The van der Waals surface area contributed by atoms with Gasteiger partial charge in [-0.05, 0) is 0 Å². The minimum Gasteiger partial charge on any atom is -0.378 e. The Morgan fingerprint density at radius 1 is 1.46 bits per heavy atom. The highest BCUT2D eigenvalue weighted by atomic mass is 127. The number of carbonyl (C=O) groups excluding carboxylic acids is 1. The van der Waals surface area contributed by atoms with Gasteiger partial charge in [-0.15, -0.1) is 0 Å². The molecule has 0 aromatic rings. The van der Waals surface area contributed by atoms with Gasteiger partial charge in [0, 0.05) is 22.9 Å². The summed E-state index contributed by atoms with van der Waals surface area (Å²) in [5, 5.41) is 0. The Morgan fingerprint density at radius 2 is 2.00 bits per heavy atom. The van der Waals surface area contributed by atoms with Gasteiger partial charge in [0.25, 0.3) is 0 Å². The van der Waals surface area contributed by atoms with Crippen molar-refractivity contribution in [2.75, 3.05) is 26.3 Å². The van der Waals surface area contributed by atoms with Gasteiger partial charge in [0.05, 0.1) is 13.2 Å². The number of hydrogen-bond acceptors (Lipinski definition) is 2. The normalized spacial score (nSPS) is 18.8. The maximum absolute atomic E-state index is 11.7. The molecule has 1 fully saturated rings. The molecule has 1 aliphatic rings. The highest BCUT2D eigenvalue weighted by Crippen LogP contribution is 2.22. The van der Waals surface area contributed by atoms with E-state index in [1.165, 1.54) is 0 Å². The Hall–Kier alpha value is 0.160. The van der Waals surface area contributed by atoms with E-state index in [0.29, 0.717) is 19.6 Å². The fourth-order valence-corrected chi connectivity index (χ4v) is 1.61. The van der Waals surface area contributed by atoms with E-state index in [2.05, 4.69) is 36.4 Å². The molecule has 0 radical (unpaired) electrons. The van der Waals surface area contributed by atoms with Crippen LogP contribution in [0.2, 0.25) is 0 Å². The zero-order valence-electron chi connectivity index (χ0n) is 8.18. The molecule has 1 rings (SSSR count). The summed E-state index contributed by atoms with van der Waals surface area (Å²) >= 11 is 2.31. The maximum atomic E-state index is 11.7. The molecule has 4 heteroatoms. The van der Waals surface area contributed by atoms with Crippen molar-refractivity contribution in [1.29, 1.82) is 0 Å². The van der Waals surface area contributed by atoms with Crippen LogP contribution in [0.1, 0.15) is 20.3 Å². The van der Waals surface area contributed by atoms with Crippen LogP contribution in [-0.4, -0.2) is 40.5 Å². The van der Waals surface area contributed by atoms with Gasteiger partial charge in [0.1, 0.15) is 0 Å². The summed E-state index contributed by atoms with van der Waals surface area (Å²) in [5.74, 6) is 0.253. The van der Waals surface area contributed by atoms with Crippen LogP contribution in [0.25, 0.3) is 0 Å². The predicted molar refractivity (Wildman–Crippen MR) is 60.1 cm³/mol. The van der Waals surface area contributed by atoms with E-state index in [4.69, 9.17) is 4.74 Å². The van der Waals surface area contributed by atoms with Gasteiger partial charge < -0.3 is 9.64 Å². The molecule has 1 aliphatic heterocycles. The highest BCUT2D eigenvalue weighted by molar-refractivity contribution is 14.1. The van der Waals surface area contributed by atoms with Crippen molar-refractivity contribution in [3.05, 3.63) is 0 Å². The lowest BCUT2D eigenvalue weighted by Crippen LogP contribution is -2.42. The largest absolute Gasteiger partial charge is 0.378 e. The number of ether oxygens (including phenoxy) is 1. The third-order valence-corrected chi connectivity index (χ3v) is 2.32. The van der Waals surface area contributed by atoms with Crippen LogP contribution in [0.5, 0.6) is 0 Å². The summed E-state index contributed by atoms with van der Waals surface area (Å²) in [5.41, 5.74) is 0. The molecule has 0 saturated carbocycles. The molecule has 0 spiro atoms. The van der Waals surface area contributed by atoms with E-state index in [9.17, 15) is 4.79 Å². The van der Waals surface area contributed by atoms with E-state index >= 15 is 0 Å². The van der Waals surface area contributed by atoms with Gasteiger partial charge in [-0.3, -0.25) is 4.79 Å². The molecule has 1 heterocycles. The van der Waals surface area contributed by atoms with Crippen molar-refractivity contribution < 1.29 is 9.53 Å². The van der Waals surface area contributed by atoms with Crippen LogP contribution in [0.3, 0.4) is 0 Å². The fraction of sp³-hybridized carbons (Fsp3) is 0.889. The number of nitrogens with zero attached hydrogens (tertiary/aromatic N) is 1. The smallest absolute Gasteiger partial charge is 0.224 e. The maximum Gasteiger partial charge on any atom is 0.224 e. The third kappa shape index (κ3) is 4.26. The molecule has 76 valence electrons. The summed E-state index contributed by atoms with van der Waals surface area (Å²) < 4.78 is 5.25. The number of carbonyl (C=O) groups is 1. The SMILES string of the molecule is CC(C)(I)CC(=O)N1CCOCC1. The minimum atomic E-state index is 0.0626. The monoisotopic (exact) mass is 297 g/mol. The number of rotatable bonds is 2. The standard InChI is InChI=1S/C9H16INO2/c1-9(2,10)7-8(12)11-3-5-13-6-4-11/h3-7H2,1-2H3. The van der Waals surface area contributed by atoms with Crippen molar-refractivity contribution in [3.63, 3.8) is 0 Å². The number of morpholine rings is 1. The summed E-state index contributed by atoms with van der Waals surface area (Å²) in [4.78, 5) is 13.6. The summed E-state index contributed by atoms with van der Waals surface area (Å²) in [7, 11) is 0. The van der Waals surface area contributed by atoms with Crippen LogP contribution in [-0.2, 0) is 9.53 Å². The van der Waals surface area contributed by atoms with Crippen LogP contribution >= 0.6 is 22.6 Å². The Balaban J connectivity index is 2.38. The first-order chi connectivity index (χ1) is 5.99. The highest BCUT2D eigenvalue weighted by Gasteiger charge is 2.23. The average Bonchev–Trinajstić information content (AvgIpc) is 2.03. The molecule has 0 unspecified atom stereocenters. The molecular weight excluding hydrogens is 281 g/mol. The average molecular weight is 297 g/mol. The first kappa shape index (κ1) is 11.2. The number of alkyl halides is 1. The Labute approximate surface area is 92.9 Å². The van der Waals surface area contributed by atoms with Gasteiger partial charge in [-0.2, -0.15) is 0 Å². The lowest BCUT2D eigenvalue weighted by Gasteiger charge is -2.29. The van der Waals surface area contributed by atoms with Crippen LogP contribution < -0.4 is 0 Å². The van der Waals surface area contributed by atoms with Crippen molar-refractivity contribution >= 4 is 28.5 Å². The Morgan fingerprint density at radius 3 is 2.46 bits per heavy atom. The van der Waals surface area contributed by atoms with Crippen molar-refractivity contribution in [3.8, 4) is 0 Å². The Kier molecular flexibility index (Phi) is 3.97. The zero-order valence-corrected chi connectivity index (χ0v) is 10.3. The summed E-state index contributed by atoms with van der Waals surface area (Å²) in [6, 6.07) is 0. The van der Waals surface area contributed by atoms with E-state index in [-0.39, 0.29) is 9.33 Å². The minimum absolute atomic E-state index is 0.0626. The molecular formula is C9H16INO2. The summed E-state index contributed by atoms with van der Waals surface area (Å²) in [6.07, 6.45) is 0.619. The first-order valence-electron chi connectivity index (χ1n) is 4.53. The number of halogens is 1. The topological polar surface area (TPSA) is 29.5 Å². The van der Waals surface area contributed by atoms with Gasteiger partial charge in [-0.1, -0.05) is 36.4 Å². The molecule has 3 nitrogen and oxygen atoms in total. The second-order valence-electron chi connectivity index (χ2n) is 3.89. The van der Waals surface area contributed by atoms with Gasteiger partial charge in [-0.25, -0.2) is 0 Å². The Bertz CT molecular complexity index is 183. The molecule has 0 bridgehead atoms. The number of amides is 1.